The van der Waals surface area contributed by atoms with Crippen LogP contribution in [0.1, 0.15) is 48.0 Å². The number of nitrogens with zero attached hydrogens (tertiary/aromatic N) is 2. The second-order valence-corrected chi connectivity index (χ2v) is 6.12. The molecule has 0 fully saturated rings. The molecule has 1 amide bonds. The average molecular weight is 371 g/mol. The third-order valence-corrected chi connectivity index (χ3v) is 4.49. The highest BCUT2D eigenvalue weighted by molar-refractivity contribution is 6.02. The van der Waals surface area contributed by atoms with Gasteiger partial charge in [0.1, 0.15) is 0 Å². The van der Waals surface area contributed by atoms with E-state index in [2.05, 4.69) is 10.2 Å². The van der Waals surface area contributed by atoms with Gasteiger partial charge in [0.2, 0.25) is 5.91 Å². The fourth-order valence-corrected chi connectivity index (χ4v) is 3.14. The number of fused-ring (bicyclic) bond motifs is 1. The molecule has 0 atom stereocenters. The molecule has 144 valence electrons. The number of carbonyl (C=O) groups excluding carboxylic acids is 2. The van der Waals surface area contributed by atoms with Crippen LogP contribution in [0.3, 0.4) is 0 Å². The van der Waals surface area contributed by atoms with Crippen molar-refractivity contribution in [2.45, 2.75) is 34.6 Å². The zero-order valence-corrected chi connectivity index (χ0v) is 16.4. The van der Waals surface area contributed by atoms with Crippen LogP contribution in [0.4, 0.5) is 0 Å². The summed E-state index contributed by atoms with van der Waals surface area (Å²) in [4.78, 5) is 38.5. The van der Waals surface area contributed by atoms with Gasteiger partial charge in [-0.1, -0.05) is 0 Å². The Hall–Kier alpha value is -2.96. The molecule has 1 aromatic carbocycles. The molecule has 0 bridgehead atoms. The standard InChI is InChI=1S/C20H25N3O4/c1-6-23(7-2)16(24)10-9-15-14-11-12(4)17(20(26)27-8-3)13(5)18(14)19(25)22-21-15/h9-11H,6-8H2,1-5H3,(H,22,25)/b10-9+. The van der Waals surface area contributed by atoms with Crippen molar-refractivity contribution in [3.63, 3.8) is 0 Å². The number of H-pyrrole nitrogens is 1. The highest BCUT2D eigenvalue weighted by atomic mass is 16.5. The minimum absolute atomic E-state index is 0.127. The van der Waals surface area contributed by atoms with E-state index in [4.69, 9.17) is 4.74 Å². The molecule has 2 rings (SSSR count). The smallest absolute Gasteiger partial charge is 0.338 e. The maximum absolute atomic E-state index is 12.4. The quantitative estimate of drug-likeness (QED) is 0.622. The molecular weight excluding hydrogens is 346 g/mol. The second kappa shape index (κ2) is 8.62. The highest BCUT2D eigenvalue weighted by Gasteiger charge is 2.19. The van der Waals surface area contributed by atoms with Gasteiger partial charge >= 0.3 is 5.97 Å². The second-order valence-electron chi connectivity index (χ2n) is 6.12. The number of carbonyl (C=O) groups is 2. The van der Waals surface area contributed by atoms with Crippen LogP contribution in [0.25, 0.3) is 16.8 Å². The van der Waals surface area contributed by atoms with Crippen LogP contribution < -0.4 is 5.56 Å². The van der Waals surface area contributed by atoms with E-state index in [9.17, 15) is 14.4 Å². The Morgan fingerprint density at radius 3 is 2.48 bits per heavy atom. The Bertz CT molecular complexity index is 956. The lowest BCUT2D eigenvalue weighted by Gasteiger charge is -2.16. The first-order chi connectivity index (χ1) is 12.8. The van der Waals surface area contributed by atoms with Crippen molar-refractivity contribution in [1.82, 2.24) is 15.1 Å². The molecule has 1 aromatic heterocycles. The maximum atomic E-state index is 12.4. The van der Waals surface area contributed by atoms with E-state index in [1.54, 1.807) is 37.8 Å². The molecule has 0 spiro atoms. The van der Waals surface area contributed by atoms with Gasteiger partial charge in [0.05, 0.1) is 23.3 Å². The molecule has 0 saturated heterocycles. The zero-order chi connectivity index (χ0) is 20.1. The molecule has 0 aliphatic heterocycles. The third-order valence-electron chi connectivity index (χ3n) is 4.49. The van der Waals surface area contributed by atoms with Crippen molar-refractivity contribution in [3.8, 4) is 0 Å². The van der Waals surface area contributed by atoms with E-state index >= 15 is 0 Å². The lowest BCUT2D eigenvalue weighted by molar-refractivity contribution is -0.125. The van der Waals surface area contributed by atoms with E-state index in [0.717, 1.165) is 0 Å². The van der Waals surface area contributed by atoms with E-state index in [1.165, 1.54) is 6.08 Å². The number of hydrogen-bond acceptors (Lipinski definition) is 5. The number of aromatic nitrogens is 2. The van der Waals surface area contributed by atoms with Crippen molar-refractivity contribution < 1.29 is 14.3 Å². The lowest BCUT2D eigenvalue weighted by atomic mass is 9.95. The number of nitrogens with one attached hydrogen (secondary N) is 1. The monoisotopic (exact) mass is 371 g/mol. The van der Waals surface area contributed by atoms with Gasteiger partial charge in [-0.2, -0.15) is 5.10 Å². The Morgan fingerprint density at radius 2 is 1.89 bits per heavy atom. The van der Waals surface area contributed by atoms with Crippen LogP contribution in [0.5, 0.6) is 0 Å². The van der Waals surface area contributed by atoms with Gasteiger partial charge in [0, 0.05) is 24.6 Å². The number of hydrogen-bond donors (Lipinski definition) is 1. The third kappa shape index (κ3) is 4.07. The van der Waals surface area contributed by atoms with Crippen molar-refractivity contribution in [2.75, 3.05) is 19.7 Å². The summed E-state index contributed by atoms with van der Waals surface area (Å²) in [6.07, 6.45) is 3.03. The highest BCUT2D eigenvalue weighted by Crippen LogP contribution is 2.25. The van der Waals surface area contributed by atoms with E-state index in [-0.39, 0.29) is 18.1 Å². The topological polar surface area (TPSA) is 92.4 Å². The number of benzene rings is 1. The predicted molar refractivity (Wildman–Crippen MR) is 105 cm³/mol. The summed E-state index contributed by atoms with van der Waals surface area (Å²) in [5, 5.41) is 7.48. The molecule has 0 unspecified atom stereocenters. The first kappa shape index (κ1) is 20.4. The largest absolute Gasteiger partial charge is 0.462 e. The number of rotatable bonds is 6. The number of likely N-dealkylation sites (N-methyl/N-ethyl adjacent to an activating group) is 1. The normalized spacial score (nSPS) is 11.1. The summed E-state index contributed by atoms with van der Waals surface area (Å²) >= 11 is 0. The minimum Gasteiger partial charge on any atom is -0.462 e. The first-order valence-electron chi connectivity index (χ1n) is 9.02. The van der Waals surface area contributed by atoms with E-state index in [1.807, 2.05) is 13.8 Å². The SMILES string of the molecule is CCOC(=O)c1c(C)cc2c(/C=C/C(=O)N(CC)CC)n[nH]c(=O)c2c1C. The molecule has 0 saturated carbocycles. The number of aromatic amines is 1. The van der Waals surface area contributed by atoms with Crippen LogP contribution in [0.15, 0.2) is 16.9 Å². The molecule has 0 aliphatic carbocycles. The van der Waals surface area contributed by atoms with Gasteiger partial charge in [-0.25, -0.2) is 9.89 Å². The molecule has 0 aliphatic rings. The van der Waals surface area contributed by atoms with Crippen molar-refractivity contribution in [1.29, 1.82) is 0 Å². The van der Waals surface area contributed by atoms with Crippen molar-refractivity contribution in [3.05, 3.63) is 44.9 Å². The van der Waals surface area contributed by atoms with Gasteiger partial charge in [0.15, 0.2) is 0 Å². The Labute approximate surface area is 158 Å². The fourth-order valence-electron chi connectivity index (χ4n) is 3.14. The van der Waals surface area contributed by atoms with Gasteiger partial charge in [0.25, 0.3) is 5.56 Å². The van der Waals surface area contributed by atoms with Crippen LogP contribution in [0, 0.1) is 13.8 Å². The molecule has 1 N–H and O–H groups in total. The first-order valence-corrected chi connectivity index (χ1v) is 9.02. The Balaban J connectivity index is 2.62. The fraction of sp³-hybridized carbons (Fsp3) is 0.400. The van der Waals surface area contributed by atoms with Crippen LogP contribution in [-0.2, 0) is 9.53 Å². The van der Waals surface area contributed by atoms with Crippen LogP contribution in [-0.4, -0.2) is 46.7 Å². The Kier molecular flexibility index (Phi) is 6.50. The molecule has 2 aromatic rings. The summed E-state index contributed by atoms with van der Waals surface area (Å²) in [5.41, 5.74) is 1.69. The predicted octanol–water partition coefficient (Wildman–Crippen LogP) is 2.60. The molecule has 27 heavy (non-hydrogen) atoms. The maximum Gasteiger partial charge on any atom is 0.338 e. The summed E-state index contributed by atoms with van der Waals surface area (Å²) in [6, 6.07) is 1.73. The molecular formula is C20H25N3O4. The average Bonchev–Trinajstić information content (AvgIpc) is 2.62. The van der Waals surface area contributed by atoms with Crippen molar-refractivity contribution in [2.24, 2.45) is 0 Å². The summed E-state index contributed by atoms with van der Waals surface area (Å²) in [5.74, 6) is -0.586. The summed E-state index contributed by atoms with van der Waals surface area (Å²) in [6.45, 7) is 10.5. The Morgan fingerprint density at radius 1 is 1.22 bits per heavy atom. The minimum atomic E-state index is -0.459. The van der Waals surface area contributed by atoms with Crippen LogP contribution >= 0.6 is 0 Å². The summed E-state index contributed by atoms with van der Waals surface area (Å²) < 4.78 is 5.11. The van der Waals surface area contributed by atoms with E-state index < -0.39 is 5.97 Å². The molecule has 7 heteroatoms. The summed E-state index contributed by atoms with van der Waals surface area (Å²) in [7, 11) is 0. The van der Waals surface area contributed by atoms with Crippen molar-refractivity contribution >= 4 is 28.7 Å². The van der Waals surface area contributed by atoms with Gasteiger partial charge < -0.3 is 9.64 Å². The number of aryl methyl sites for hydroxylation is 2. The van der Waals surface area contributed by atoms with E-state index in [0.29, 0.717) is 46.2 Å². The number of ether oxygens (including phenoxy) is 1. The number of amides is 1. The molecule has 7 nitrogen and oxygen atoms in total. The van der Waals surface area contributed by atoms with Gasteiger partial charge in [-0.05, 0) is 57.9 Å². The number of esters is 1. The van der Waals surface area contributed by atoms with Gasteiger partial charge in [-0.15, -0.1) is 0 Å². The zero-order valence-electron chi connectivity index (χ0n) is 16.4. The molecule has 0 radical (unpaired) electrons. The lowest BCUT2D eigenvalue weighted by Crippen LogP contribution is -2.28. The van der Waals surface area contributed by atoms with Gasteiger partial charge in [-0.3, -0.25) is 9.59 Å². The van der Waals surface area contributed by atoms with Crippen LogP contribution in [0.2, 0.25) is 0 Å². The molecule has 1 heterocycles.